The number of fused-ring (bicyclic) bond motifs is 1. The highest BCUT2D eigenvalue weighted by Crippen LogP contribution is 2.07. The molecule has 0 saturated heterocycles. The van der Waals surface area contributed by atoms with Crippen molar-refractivity contribution < 1.29 is 0 Å². The number of hydrogen-bond donors (Lipinski definition) is 1. The molecule has 0 fully saturated rings. The first kappa shape index (κ1) is 7.77. The van der Waals surface area contributed by atoms with E-state index >= 15 is 0 Å². The van der Waals surface area contributed by atoms with Crippen molar-refractivity contribution in [1.82, 2.24) is 9.38 Å². The molecule has 2 heterocycles. The number of rotatable bonds is 1. The van der Waals surface area contributed by atoms with Crippen molar-refractivity contribution in [1.29, 1.82) is 5.26 Å². The minimum atomic E-state index is 0.451. The molecule has 0 aliphatic heterocycles. The lowest BCUT2D eigenvalue weighted by Gasteiger charge is -1.97. The van der Waals surface area contributed by atoms with Crippen molar-refractivity contribution in [2.24, 2.45) is 5.73 Å². The molecular formula is C9H8N4. The van der Waals surface area contributed by atoms with E-state index in [1.54, 1.807) is 18.3 Å². The second kappa shape index (κ2) is 2.88. The third-order valence-corrected chi connectivity index (χ3v) is 1.93. The fourth-order valence-electron chi connectivity index (χ4n) is 1.25. The number of hydrogen-bond acceptors (Lipinski definition) is 3. The summed E-state index contributed by atoms with van der Waals surface area (Å²) in [7, 11) is 0. The summed E-state index contributed by atoms with van der Waals surface area (Å²) in [6, 6.07) is 5.54. The zero-order chi connectivity index (χ0) is 9.26. The van der Waals surface area contributed by atoms with Crippen LogP contribution in [0, 0.1) is 11.3 Å². The molecule has 0 spiro atoms. The lowest BCUT2D eigenvalue weighted by atomic mass is 10.3. The van der Waals surface area contributed by atoms with Gasteiger partial charge in [0.1, 0.15) is 5.65 Å². The first-order valence-electron chi connectivity index (χ1n) is 3.91. The molecule has 13 heavy (non-hydrogen) atoms. The van der Waals surface area contributed by atoms with E-state index in [1.165, 1.54) is 0 Å². The summed E-state index contributed by atoms with van der Waals surface area (Å²) in [5, 5.41) is 8.65. The lowest BCUT2D eigenvalue weighted by molar-refractivity contribution is 0.959. The molecule has 0 bridgehead atoms. The molecule has 2 rings (SSSR count). The van der Waals surface area contributed by atoms with Crippen LogP contribution in [0.1, 0.15) is 11.3 Å². The van der Waals surface area contributed by atoms with E-state index in [0.717, 1.165) is 11.3 Å². The van der Waals surface area contributed by atoms with Gasteiger partial charge in [0.25, 0.3) is 0 Å². The van der Waals surface area contributed by atoms with Gasteiger partial charge in [0.15, 0.2) is 0 Å². The average Bonchev–Trinajstić information content (AvgIpc) is 2.59. The van der Waals surface area contributed by atoms with Crippen LogP contribution < -0.4 is 5.73 Å². The van der Waals surface area contributed by atoms with Crippen molar-refractivity contribution in [2.45, 2.75) is 6.54 Å². The van der Waals surface area contributed by atoms with Crippen LogP contribution in [-0.4, -0.2) is 9.38 Å². The van der Waals surface area contributed by atoms with E-state index in [4.69, 9.17) is 11.0 Å². The third-order valence-electron chi connectivity index (χ3n) is 1.93. The van der Waals surface area contributed by atoms with E-state index in [1.807, 2.05) is 10.6 Å². The highest BCUT2D eigenvalue weighted by Gasteiger charge is 2.01. The normalized spacial score (nSPS) is 10.2. The van der Waals surface area contributed by atoms with Gasteiger partial charge in [0.05, 0.1) is 23.5 Å². The Bertz CT molecular complexity index is 478. The van der Waals surface area contributed by atoms with Gasteiger partial charge in [-0.05, 0) is 12.1 Å². The molecule has 0 unspecified atom stereocenters. The molecule has 0 atom stereocenters. The quantitative estimate of drug-likeness (QED) is 0.687. The Morgan fingerprint density at radius 1 is 1.62 bits per heavy atom. The second-order valence-corrected chi connectivity index (χ2v) is 2.71. The van der Waals surface area contributed by atoms with Crippen LogP contribution in [0.25, 0.3) is 5.65 Å². The van der Waals surface area contributed by atoms with Crippen molar-refractivity contribution in [3.63, 3.8) is 0 Å². The van der Waals surface area contributed by atoms with E-state index in [0.29, 0.717) is 12.1 Å². The summed E-state index contributed by atoms with van der Waals surface area (Å²) in [5.74, 6) is 0. The summed E-state index contributed by atoms with van der Waals surface area (Å²) in [6.45, 7) is 0.451. The molecule has 0 aliphatic rings. The zero-order valence-electron chi connectivity index (χ0n) is 6.94. The van der Waals surface area contributed by atoms with Gasteiger partial charge < -0.3 is 10.1 Å². The molecule has 2 aromatic heterocycles. The summed E-state index contributed by atoms with van der Waals surface area (Å²) < 4.78 is 1.88. The van der Waals surface area contributed by atoms with Gasteiger partial charge in [-0.15, -0.1) is 0 Å². The maximum atomic E-state index is 8.65. The van der Waals surface area contributed by atoms with Crippen LogP contribution in [0.5, 0.6) is 0 Å². The number of aromatic nitrogens is 2. The molecule has 4 heteroatoms. The van der Waals surface area contributed by atoms with E-state index in [-0.39, 0.29) is 0 Å². The van der Waals surface area contributed by atoms with Gasteiger partial charge in [-0.3, -0.25) is 0 Å². The van der Waals surface area contributed by atoms with E-state index in [2.05, 4.69) is 11.1 Å². The van der Waals surface area contributed by atoms with Crippen LogP contribution in [0.15, 0.2) is 24.5 Å². The van der Waals surface area contributed by atoms with Crippen molar-refractivity contribution in [3.05, 3.63) is 35.8 Å². The molecule has 0 radical (unpaired) electrons. The predicted octanol–water partition coefficient (Wildman–Crippen LogP) is 0.665. The minimum Gasteiger partial charge on any atom is -0.325 e. The summed E-state index contributed by atoms with van der Waals surface area (Å²) in [6.07, 6.45) is 3.53. The number of nitrogens with two attached hydrogens (primary N) is 1. The van der Waals surface area contributed by atoms with Crippen LogP contribution in [-0.2, 0) is 6.54 Å². The Balaban J connectivity index is 2.70. The first-order valence-corrected chi connectivity index (χ1v) is 3.91. The summed E-state index contributed by atoms with van der Waals surface area (Å²) in [5.41, 5.74) is 7.83. The highest BCUT2D eigenvalue weighted by molar-refractivity contribution is 5.46. The smallest absolute Gasteiger partial charge is 0.138 e. The Hall–Kier alpha value is -1.86. The fraction of sp³-hybridized carbons (Fsp3) is 0.111. The third kappa shape index (κ3) is 1.15. The number of nitriles is 1. The van der Waals surface area contributed by atoms with Crippen molar-refractivity contribution in [2.75, 3.05) is 0 Å². The average molecular weight is 172 g/mol. The molecule has 0 aromatic carbocycles. The predicted molar refractivity (Wildman–Crippen MR) is 47.8 cm³/mol. The Morgan fingerprint density at radius 3 is 3.15 bits per heavy atom. The number of pyridine rings is 1. The van der Waals surface area contributed by atoms with Gasteiger partial charge in [0, 0.05) is 12.7 Å². The molecule has 2 aromatic rings. The summed E-state index contributed by atoms with van der Waals surface area (Å²) >= 11 is 0. The van der Waals surface area contributed by atoms with E-state index < -0.39 is 0 Å². The molecular weight excluding hydrogens is 164 g/mol. The molecule has 0 amide bonds. The minimum absolute atomic E-state index is 0.451. The standard InChI is InChI=1S/C9H8N4/c10-4-7-1-2-13-8(5-11)6-12-9(13)3-7/h1-3,6H,5,11H2. The van der Waals surface area contributed by atoms with Crippen molar-refractivity contribution in [3.8, 4) is 6.07 Å². The van der Waals surface area contributed by atoms with Gasteiger partial charge in [-0.1, -0.05) is 0 Å². The SMILES string of the molecule is N#Cc1ccn2c(CN)cnc2c1. The Labute approximate surface area is 75.2 Å². The van der Waals surface area contributed by atoms with Crippen LogP contribution in [0.3, 0.4) is 0 Å². The fourth-order valence-corrected chi connectivity index (χ4v) is 1.25. The topological polar surface area (TPSA) is 67.1 Å². The number of imidazole rings is 1. The van der Waals surface area contributed by atoms with Crippen molar-refractivity contribution >= 4 is 5.65 Å². The molecule has 0 aliphatic carbocycles. The molecule has 0 saturated carbocycles. The van der Waals surface area contributed by atoms with Gasteiger partial charge >= 0.3 is 0 Å². The maximum Gasteiger partial charge on any atom is 0.138 e. The number of nitrogens with zero attached hydrogens (tertiary/aromatic N) is 3. The molecule has 64 valence electrons. The summed E-state index contributed by atoms with van der Waals surface area (Å²) in [4.78, 5) is 4.13. The van der Waals surface area contributed by atoms with Crippen LogP contribution in [0.4, 0.5) is 0 Å². The van der Waals surface area contributed by atoms with Gasteiger partial charge in [0.2, 0.25) is 0 Å². The van der Waals surface area contributed by atoms with E-state index in [9.17, 15) is 0 Å². The Morgan fingerprint density at radius 2 is 2.46 bits per heavy atom. The first-order chi connectivity index (χ1) is 6.35. The van der Waals surface area contributed by atoms with Gasteiger partial charge in [-0.25, -0.2) is 4.98 Å². The molecule has 4 nitrogen and oxygen atoms in total. The second-order valence-electron chi connectivity index (χ2n) is 2.71. The molecule has 2 N–H and O–H groups in total. The monoisotopic (exact) mass is 172 g/mol. The Kier molecular flexibility index (Phi) is 1.72. The maximum absolute atomic E-state index is 8.65. The zero-order valence-corrected chi connectivity index (χ0v) is 6.94. The largest absolute Gasteiger partial charge is 0.325 e. The highest BCUT2D eigenvalue weighted by atomic mass is 15.0. The van der Waals surface area contributed by atoms with Crippen LogP contribution >= 0.6 is 0 Å². The van der Waals surface area contributed by atoms with Gasteiger partial charge in [-0.2, -0.15) is 5.26 Å². The lowest BCUT2D eigenvalue weighted by Crippen LogP contribution is -2.00. The van der Waals surface area contributed by atoms with Crippen LogP contribution in [0.2, 0.25) is 0 Å².